The van der Waals surface area contributed by atoms with Gasteiger partial charge in [0.05, 0.1) is 18.1 Å². The molecule has 0 bridgehead atoms. The minimum atomic E-state index is -0.361. The van der Waals surface area contributed by atoms with Gasteiger partial charge in [0.1, 0.15) is 18.2 Å². The molecule has 0 aliphatic rings. The number of para-hydroxylation sites is 1. The molecule has 0 aromatic heterocycles. The average molecular weight is 362 g/mol. The zero-order valence-electron chi connectivity index (χ0n) is 13.5. The lowest BCUT2D eigenvalue weighted by molar-refractivity contribution is -0.118. The minimum absolute atomic E-state index is 0.144. The van der Waals surface area contributed by atoms with Crippen LogP contribution in [0.2, 0.25) is 0 Å². The van der Waals surface area contributed by atoms with Crippen LogP contribution >= 0.6 is 11.8 Å². The van der Waals surface area contributed by atoms with Crippen molar-refractivity contribution in [2.24, 2.45) is 0 Å². The minimum Gasteiger partial charge on any atom is -0.492 e. The van der Waals surface area contributed by atoms with Gasteiger partial charge in [0.2, 0.25) is 11.8 Å². The van der Waals surface area contributed by atoms with Gasteiger partial charge in [0.25, 0.3) is 0 Å². The predicted octanol–water partition coefficient (Wildman–Crippen LogP) is 2.69. The lowest BCUT2D eigenvalue weighted by Crippen LogP contribution is -2.30. The molecule has 0 heterocycles. The fraction of sp³-hybridized carbons (Fsp3) is 0.222. The Bertz CT molecular complexity index is 680. The van der Waals surface area contributed by atoms with Crippen LogP contribution in [0, 0.1) is 5.82 Å². The van der Waals surface area contributed by atoms with Gasteiger partial charge >= 0.3 is 0 Å². The van der Waals surface area contributed by atoms with E-state index in [0.717, 1.165) is 5.75 Å². The highest BCUT2D eigenvalue weighted by Gasteiger charge is 2.06. The summed E-state index contributed by atoms with van der Waals surface area (Å²) in [4.78, 5) is 23.4. The highest BCUT2D eigenvalue weighted by molar-refractivity contribution is 8.00. The molecule has 0 atom stereocenters. The van der Waals surface area contributed by atoms with E-state index in [-0.39, 0.29) is 29.1 Å². The molecule has 7 heteroatoms. The third kappa shape index (κ3) is 7.71. The van der Waals surface area contributed by atoms with E-state index in [2.05, 4.69) is 10.6 Å². The largest absolute Gasteiger partial charge is 0.492 e. The highest BCUT2D eigenvalue weighted by atomic mass is 32.2. The quantitative estimate of drug-likeness (QED) is 0.673. The SMILES string of the molecule is O=C(CSCC(=O)Nc1ccc(F)cc1)NCCOc1ccccc1. The Morgan fingerprint density at radius 1 is 0.960 bits per heavy atom. The third-order valence-electron chi connectivity index (χ3n) is 3.03. The number of carbonyl (C=O) groups excluding carboxylic acids is 2. The average Bonchev–Trinajstić information content (AvgIpc) is 2.62. The number of amides is 2. The van der Waals surface area contributed by atoms with Crippen LogP contribution in [0.4, 0.5) is 10.1 Å². The molecule has 2 aromatic rings. The number of anilines is 1. The van der Waals surface area contributed by atoms with E-state index < -0.39 is 0 Å². The number of halogens is 1. The van der Waals surface area contributed by atoms with E-state index >= 15 is 0 Å². The fourth-order valence-electron chi connectivity index (χ4n) is 1.89. The van der Waals surface area contributed by atoms with E-state index in [1.165, 1.54) is 36.0 Å². The number of rotatable bonds is 9. The van der Waals surface area contributed by atoms with Gasteiger partial charge < -0.3 is 15.4 Å². The second-order valence-corrected chi connectivity index (χ2v) is 6.04. The first-order chi connectivity index (χ1) is 12.1. The van der Waals surface area contributed by atoms with Crippen molar-refractivity contribution in [2.45, 2.75) is 0 Å². The Labute approximate surface area is 150 Å². The third-order valence-corrected chi connectivity index (χ3v) is 3.96. The molecule has 25 heavy (non-hydrogen) atoms. The molecule has 2 aromatic carbocycles. The molecule has 0 saturated heterocycles. The molecule has 0 spiro atoms. The van der Waals surface area contributed by atoms with Crippen LogP contribution in [0.3, 0.4) is 0 Å². The second kappa shape index (κ2) is 10.4. The Kier molecular flexibility index (Phi) is 7.78. The van der Waals surface area contributed by atoms with Gasteiger partial charge in [-0.25, -0.2) is 4.39 Å². The molecule has 0 saturated carbocycles. The first-order valence-corrected chi connectivity index (χ1v) is 8.86. The number of carbonyl (C=O) groups is 2. The standard InChI is InChI=1S/C18H19FN2O3S/c19-14-6-8-15(9-7-14)21-18(23)13-25-12-17(22)20-10-11-24-16-4-2-1-3-5-16/h1-9H,10-13H2,(H,20,22)(H,21,23). The van der Waals surface area contributed by atoms with Crippen molar-refractivity contribution in [3.63, 3.8) is 0 Å². The first kappa shape index (κ1) is 18.8. The van der Waals surface area contributed by atoms with Gasteiger partial charge in [-0.05, 0) is 36.4 Å². The summed E-state index contributed by atoms with van der Waals surface area (Å²) < 4.78 is 18.2. The van der Waals surface area contributed by atoms with Crippen LogP contribution in [-0.4, -0.2) is 36.5 Å². The van der Waals surface area contributed by atoms with Crippen molar-refractivity contribution < 1.29 is 18.7 Å². The van der Waals surface area contributed by atoms with Gasteiger partial charge in [-0.2, -0.15) is 0 Å². The Balaban J connectivity index is 1.54. The van der Waals surface area contributed by atoms with Crippen molar-refractivity contribution in [3.8, 4) is 5.75 Å². The number of hydrogen-bond acceptors (Lipinski definition) is 4. The van der Waals surface area contributed by atoms with Gasteiger partial charge in [-0.3, -0.25) is 9.59 Å². The maximum Gasteiger partial charge on any atom is 0.234 e. The number of nitrogens with one attached hydrogen (secondary N) is 2. The molecule has 2 amide bonds. The van der Waals surface area contributed by atoms with Crippen molar-refractivity contribution in [2.75, 3.05) is 30.0 Å². The van der Waals surface area contributed by atoms with Crippen molar-refractivity contribution in [3.05, 3.63) is 60.4 Å². The summed E-state index contributed by atoms with van der Waals surface area (Å²) in [7, 11) is 0. The molecule has 132 valence electrons. The van der Waals surface area contributed by atoms with Gasteiger partial charge in [0.15, 0.2) is 0 Å². The van der Waals surface area contributed by atoms with Crippen LogP contribution in [0.1, 0.15) is 0 Å². The summed E-state index contributed by atoms with van der Waals surface area (Å²) >= 11 is 1.21. The topological polar surface area (TPSA) is 67.4 Å². The molecule has 0 radical (unpaired) electrons. The molecule has 5 nitrogen and oxygen atoms in total. The van der Waals surface area contributed by atoms with E-state index in [1.807, 2.05) is 30.3 Å². The number of ether oxygens (including phenoxy) is 1. The van der Waals surface area contributed by atoms with E-state index in [1.54, 1.807) is 0 Å². The first-order valence-electron chi connectivity index (χ1n) is 7.71. The molecule has 0 fully saturated rings. The number of benzene rings is 2. The van der Waals surface area contributed by atoms with Crippen LogP contribution in [0.5, 0.6) is 5.75 Å². The predicted molar refractivity (Wildman–Crippen MR) is 97.3 cm³/mol. The van der Waals surface area contributed by atoms with E-state index in [4.69, 9.17) is 4.74 Å². The lowest BCUT2D eigenvalue weighted by atomic mass is 10.3. The summed E-state index contributed by atoms with van der Waals surface area (Å²) in [6.07, 6.45) is 0. The smallest absolute Gasteiger partial charge is 0.234 e. The normalized spacial score (nSPS) is 10.1. The lowest BCUT2D eigenvalue weighted by Gasteiger charge is -2.08. The van der Waals surface area contributed by atoms with Crippen molar-refractivity contribution >= 4 is 29.3 Å². The zero-order chi connectivity index (χ0) is 17.9. The summed E-state index contributed by atoms with van der Waals surface area (Å²) in [5, 5.41) is 5.36. The Hall–Kier alpha value is -2.54. The maximum absolute atomic E-state index is 12.8. The number of hydrogen-bond donors (Lipinski definition) is 2. The molecule has 0 unspecified atom stereocenters. The second-order valence-electron chi connectivity index (χ2n) is 5.06. The molecule has 0 aliphatic carbocycles. The van der Waals surface area contributed by atoms with Gasteiger partial charge in [0, 0.05) is 5.69 Å². The zero-order valence-corrected chi connectivity index (χ0v) is 14.4. The van der Waals surface area contributed by atoms with E-state index in [9.17, 15) is 14.0 Å². The van der Waals surface area contributed by atoms with Crippen LogP contribution in [-0.2, 0) is 9.59 Å². The van der Waals surface area contributed by atoms with Crippen LogP contribution in [0.25, 0.3) is 0 Å². The van der Waals surface area contributed by atoms with Gasteiger partial charge in [-0.1, -0.05) is 18.2 Å². The Morgan fingerprint density at radius 2 is 1.64 bits per heavy atom. The number of thioether (sulfide) groups is 1. The summed E-state index contributed by atoms with van der Waals surface area (Å²) in [6, 6.07) is 14.9. The molecular formula is C18H19FN2O3S. The summed E-state index contributed by atoms with van der Waals surface area (Å²) in [5.41, 5.74) is 0.523. The molecular weight excluding hydrogens is 343 g/mol. The summed E-state index contributed by atoms with van der Waals surface area (Å²) in [5.74, 6) is 0.324. The van der Waals surface area contributed by atoms with Crippen molar-refractivity contribution in [1.82, 2.24) is 5.32 Å². The Morgan fingerprint density at radius 3 is 2.36 bits per heavy atom. The fourth-order valence-corrected chi connectivity index (χ4v) is 2.54. The van der Waals surface area contributed by atoms with Gasteiger partial charge in [-0.15, -0.1) is 11.8 Å². The molecule has 2 rings (SSSR count). The molecule has 2 N–H and O–H groups in total. The van der Waals surface area contributed by atoms with Crippen molar-refractivity contribution in [1.29, 1.82) is 0 Å². The maximum atomic E-state index is 12.8. The summed E-state index contributed by atoms with van der Waals surface area (Å²) in [6.45, 7) is 0.779. The van der Waals surface area contributed by atoms with Crippen LogP contribution in [0.15, 0.2) is 54.6 Å². The molecule has 0 aliphatic heterocycles. The monoisotopic (exact) mass is 362 g/mol. The van der Waals surface area contributed by atoms with E-state index in [0.29, 0.717) is 18.8 Å². The highest BCUT2D eigenvalue weighted by Crippen LogP contribution is 2.09. The van der Waals surface area contributed by atoms with Crippen LogP contribution < -0.4 is 15.4 Å².